The lowest BCUT2D eigenvalue weighted by Crippen LogP contribution is -2.06. The zero-order valence-electron chi connectivity index (χ0n) is 9.00. The van der Waals surface area contributed by atoms with Gasteiger partial charge in [-0.2, -0.15) is 13.2 Å². The topological polar surface area (TPSA) is 43.1 Å². The lowest BCUT2D eigenvalue weighted by atomic mass is 10.1. The number of carbonyl (C=O) groups is 1. The van der Waals surface area contributed by atoms with Crippen LogP contribution in [0, 0.1) is 0 Å². The Labute approximate surface area is 96.9 Å². The van der Waals surface area contributed by atoms with Crippen LogP contribution in [-0.2, 0) is 6.18 Å². The van der Waals surface area contributed by atoms with Crippen molar-refractivity contribution in [2.75, 3.05) is 6.54 Å². The van der Waals surface area contributed by atoms with Crippen molar-refractivity contribution in [2.24, 2.45) is 5.73 Å². The fourth-order valence-electron chi connectivity index (χ4n) is 1.32. The number of rotatable bonds is 4. The van der Waals surface area contributed by atoms with E-state index in [1.165, 1.54) is 12.1 Å². The summed E-state index contributed by atoms with van der Waals surface area (Å²) in [6.45, 7) is 0.427. The Morgan fingerprint density at radius 2 is 1.82 bits per heavy atom. The van der Waals surface area contributed by atoms with Gasteiger partial charge in [0.05, 0.1) is 5.56 Å². The van der Waals surface area contributed by atoms with Crippen molar-refractivity contribution in [3.05, 3.63) is 41.0 Å². The summed E-state index contributed by atoms with van der Waals surface area (Å²) in [5.74, 6) is 0. The maximum Gasteiger partial charge on any atom is 0.416 e. The molecule has 2 N–H and O–H groups in total. The van der Waals surface area contributed by atoms with E-state index >= 15 is 0 Å². The van der Waals surface area contributed by atoms with Gasteiger partial charge in [-0.05, 0) is 36.7 Å². The van der Waals surface area contributed by atoms with Crippen LogP contribution in [0.3, 0.4) is 0 Å². The molecule has 1 aromatic rings. The molecule has 0 spiro atoms. The van der Waals surface area contributed by atoms with Crippen molar-refractivity contribution in [3.8, 4) is 0 Å². The highest BCUT2D eigenvalue weighted by Gasteiger charge is 2.30. The first-order valence-electron chi connectivity index (χ1n) is 5.01. The highest BCUT2D eigenvalue weighted by atomic mass is 19.4. The molecule has 0 aliphatic carbocycles. The van der Waals surface area contributed by atoms with Crippen molar-refractivity contribution < 1.29 is 18.0 Å². The minimum atomic E-state index is -4.45. The maximum atomic E-state index is 12.5. The van der Waals surface area contributed by atoms with E-state index < -0.39 is 11.7 Å². The Bertz CT molecular complexity index is 424. The predicted molar refractivity (Wildman–Crippen MR) is 59.5 cm³/mol. The summed E-state index contributed by atoms with van der Waals surface area (Å²) in [5, 5.41) is 0. The molecule has 1 aromatic carbocycles. The van der Waals surface area contributed by atoms with E-state index in [4.69, 9.17) is 5.73 Å². The van der Waals surface area contributed by atoms with Crippen LogP contribution in [0.2, 0.25) is 0 Å². The third-order valence-electron chi connectivity index (χ3n) is 2.08. The van der Waals surface area contributed by atoms with E-state index in [0.717, 1.165) is 12.1 Å². The monoisotopic (exact) mass is 243 g/mol. The van der Waals surface area contributed by atoms with Crippen molar-refractivity contribution in [1.82, 2.24) is 0 Å². The number of benzene rings is 1. The van der Waals surface area contributed by atoms with Gasteiger partial charge >= 0.3 is 6.18 Å². The number of carbonyl (C=O) groups excluding carboxylic acids is 1. The van der Waals surface area contributed by atoms with E-state index in [2.05, 4.69) is 0 Å². The van der Waals surface area contributed by atoms with Crippen LogP contribution in [-0.4, -0.2) is 12.8 Å². The molecular weight excluding hydrogens is 231 g/mol. The highest BCUT2D eigenvalue weighted by molar-refractivity contribution is 5.77. The smallest absolute Gasteiger partial charge is 0.330 e. The maximum absolute atomic E-state index is 12.5. The molecule has 0 heterocycles. The second-order valence-electron chi connectivity index (χ2n) is 3.48. The average molecular weight is 243 g/mol. The Balaban J connectivity index is 3.10. The number of halogens is 3. The van der Waals surface area contributed by atoms with Crippen molar-refractivity contribution >= 4 is 12.4 Å². The van der Waals surface area contributed by atoms with Gasteiger partial charge in [-0.3, -0.25) is 4.79 Å². The normalized spacial score (nSPS) is 12.0. The Morgan fingerprint density at radius 3 is 2.35 bits per heavy atom. The molecule has 0 amide bonds. The predicted octanol–water partition coefficient (Wildman–Crippen LogP) is 2.88. The number of aldehydes is 1. The molecule has 0 fully saturated rings. The van der Waals surface area contributed by atoms with Crippen LogP contribution in [0.1, 0.15) is 27.9 Å². The van der Waals surface area contributed by atoms with E-state index in [1.54, 1.807) is 6.08 Å². The third-order valence-corrected chi connectivity index (χ3v) is 2.08. The van der Waals surface area contributed by atoms with Crippen LogP contribution in [0.15, 0.2) is 24.3 Å². The molecule has 17 heavy (non-hydrogen) atoms. The van der Waals surface area contributed by atoms with Gasteiger partial charge in [-0.1, -0.05) is 12.2 Å². The molecule has 0 saturated heterocycles. The number of nitrogens with two attached hydrogens (primary N) is 1. The SMILES string of the molecule is NCCC=Cc1cc(C=O)cc(C(F)(F)F)c1. The minimum absolute atomic E-state index is 0.00669. The largest absolute Gasteiger partial charge is 0.416 e. The molecular formula is C12H12F3NO. The first-order chi connectivity index (χ1) is 7.97. The second kappa shape index (κ2) is 5.63. The first-order valence-corrected chi connectivity index (χ1v) is 5.01. The van der Waals surface area contributed by atoms with Crippen LogP contribution in [0.25, 0.3) is 6.08 Å². The second-order valence-corrected chi connectivity index (χ2v) is 3.48. The summed E-state index contributed by atoms with van der Waals surface area (Å²) in [4.78, 5) is 10.6. The van der Waals surface area contributed by atoms with Gasteiger partial charge in [0.15, 0.2) is 0 Å². The summed E-state index contributed by atoms with van der Waals surface area (Å²) >= 11 is 0. The van der Waals surface area contributed by atoms with Crippen LogP contribution in [0.4, 0.5) is 13.2 Å². The van der Waals surface area contributed by atoms with Crippen molar-refractivity contribution in [3.63, 3.8) is 0 Å². The molecule has 2 nitrogen and oxygen atoms in total. The van der Waals surface area contributed by atoms with Crippen molar-refractivity contribution in [1.29, 1.82) is 0 Å². The molecule has 0 aromatic heterocycles. The lowest BCUT2D eigenvalue weighted by molar-refractivity contribution is -0.137. The Hall–Kier alpha value is -1.62. The van der Waals surface area contributed by atoms with Crippen LogP contribution in [0.5, 0.6) is 0 Å². The van der Waals surface area contributed by atoms with E-state index in [-0.39, 0.29) is 5.56 Å². The average Bonchev–Trinajstić information content (AvgIpc) is 2.28. The van der Waals surface area contributed by atoms with Crippen molar-refractivity contribution in [2.45, 2.75) is 12.6 Å². The summed E-state index contributed by atoms with van der Waals surface area (Å²) in [6, 6.07) is 3.22. The molecule has 0 radical (unpaired) electrons. The van der Waals surface area contributed by atoms with Crippen LogP contribution >= 0.6 is 0 Å². The van der Waals surface area contributed by atoms with Gasteiger partial charge < -0.3 is 5.73 Å². The summed E-state index contributed by atoms with van der Waals surface area (Å²) < 4.78 is 37.5. The molecule has 0 unspecified atom stereocenters. The number of alkyl halides is 3. The van der Waals surface area contributed by atoms with Gasteiger partial charge in [0.2, 0.25) is 0 Å². The van der Waals surface area contributed by atoms with Gasteiger partial charge in [0.1, 0.15) is 6.29 Å². The molecule has 0 aliphatic rings. The summed E-state index contributed by atoms with van der Waals surface area (Å²) in [5.41, 5.74) is 4.79. The summed E-state index contributed by atoms with van der Waals surface area (Å²) in [6.07, 6.45) is -0.281. The molecule has 5 heteroatoms. The third kappa shape index (κ3) is 4.03. The summed E-state index contributed by atoms with van der Waals surface area (Å²) in [7, 11) is 0. The zero-order valence-corrected chi connectivity index (χ0v) is 9.00. The lowest BCUT2D eigenvalue weighted by Gasteiger charge is -2.08. The van der Waals surface area contributed by atoms with Crippen LogP contribution < -0.4 is 5.73 Å². The molecule has 92 valence electrons. The Morgan fingerprint density at radius 1 is 1.18 bits per heavy atom. The van der Waals surface area contributed by atoms with E-state index in [0.29, 0.717) is 24.8 Å². The van der Waals surface area contributed by atoms with Gasteiger partial charge in [-0.25, -0.2) is 0 Å². The molecule has 1 rings (SSSR count). The highest BCUT2D eigenvalue weighted by Crippen LogP contribution is 2.30. The van der Waals surface area contributed by atoms with E-state index in [1.807, 2.05) is 0 Å². The first kappa shape index (κ1) is 13.4. The molecule has 0 atom stereocenters. The molecule has 0 saturated carbocycles. The van der Waals surface area contributed by atoms with Gasteiger partial charge in [0, 0.05) is 5.56 Å². The number of hydrogen-bond acceptors (Lipinski definition) is 2. The molecule has 0 bridgehead atoms. The number of hydrogen-bond donors (Lipinski definition) is 1. The fraction of sp³-hybridized carbons (Fsp3) is 0.250. The fourth-order valence-corrected chi connectivity index (χ4v) is 1.32. The Kier molecular flexibility index (Phi) is 4.45. The zero-order chi connectivity index (χ0) is 12.9. The minimum Gasteiger partial charge on any atom is -0.330 e. The van der Waals surface area contributed by atoms with E-state index in [9.17, 15) is 18.0 Å². The van der Waals surface area contributed by atoms with Gasteiger partial charge in [-0.15, -0.1) is 0 Å². The standard InChI is InChI=1S/C12H12F3NO/c13-12(14,15)11-6-9(3-1-2-4-16)5-10(7-11)8-17/h1,3,5-8H,2,4,16H2. The molecule has 0 aliphatic heterocycles. The quantitative estimate of drug-likeness (QED) is 0.826. The van der Waals surface area contributed by atoms with Gasteiger partial charge in [0.25, 0.3) is 0 Å².